The molecule has 1 heterocycles. The van der Waals surface area contributed by atoms with Crippen molar-refractivity contribution in [3.8, 4) is 5.69 Å². The average Bonchev–Trinajstić information content (AvgIpc) is 2.25. The Hall–Kier alpha value is -2.50. The zero-order valence-electron chi connectivity index (χ0n) is 10.8. The van der Waals surface area contributed by atoms with Gasteiger partial charge in [0.15, 0.2) is 0 Å². The molecule has 0 unspecified atom stereocenters. The second-order valence-corrected chi connectivity index (χ2v) is 4.39. The van der Waals surface area contributed by atoms with E-state index in [2.05, 4.69) is 0 Å². The fourth-order valence-electron chi connectivity index (χ4n) is 2.20. The molecule has 0 bridgehead atoms. The third-order valence-electron chi connectivity index (χ3n) is 2.97. The number of hydrogen-bond acceptors (Lipinski definition) is 2. The van der Waals surface area contributed by atoms with E-state index in [1.165, 1.54) is 13.8 Å². The molecular weight excluding hydrogens is 268 g/mol. The number of aromatic carboxylic acids is 1. The van der Waals surface area contributed by atoms with Crippen LogP contribution >= 0.6 is 0 Å². The summed E-state index contributed by atoms with van der Waals surface area (Å²) in [4.78, 5) is 23.2. The van der Waals surface area contributed by atoms with Gasteiger partial charge in [0.1, 0.15) is 11.6 Å². The maximum atomic E-state index is 13.2. The van der Waals surface area contributed by atoms with Crippen molar-refractivity contribution in [2.24, 2.45) is 0 Å². The van der Waals surface area contributed by atoms with Crippen LogP contribution in [0.25, 0.3) is 5.69 Å². The molecular formula is C14H11F2NO3. The molecule has 4 nitrogen and oxygen atoms in total. The summed E-state index contributed by atoms with van der Waals surface area (Å²) in [6.07, 6.45) is 0. The Kier molecular flexibility index (Phi) is 3.40. The minimum Gasteiger partial charge on any atom is -0.478 e. The van der Waals surface area contributed by atoms with Gasteiger partial charge in [0.05, 0.1) is 11.3 Å². The topological polar surface area (TPSA) is 59.3 Å². The molecule has 1 N–H and O–H groups in total. The average molecular weight is 279 g/mol. The van der Waals surface area contributed by atoms with E-state index in [9.17, 15) is 18.4 Å². The van der Waals surface area contributed by atoms with E-state index in [4.69, 9.17) is 5.11 Å². The van der Waals surface area contributed by atoms with Gasteiger partial charge < -0.3 is 5.11 Å². The van der Waals surface area contributed by atoms with E-state index in [0.717, 1.165) is 22.8 Å². The van der Waals surface area contributed by atoms with Crippen LogP contribution in [0.15, 0.2) is 29.1 Å². The minimum atomic E-state index is -1.20. The van der Waals surface area contributed by atoms with Crippen LogP contribution in [0.3, 0.4) is 0 Å². The molecule has 0 amide bonds. The number of carboxylic acids is 1. The van der Waals surface area contributed by atoms with E-state index in [0.29, 0.717) is 11.6 Å². The first-order chi connectivity index (χ1) is 9.31. The van der Waals surface area contributed by atoms with Crippen molar-refractivity contribution in [3.05, 3.63) is 63.1 Å². The Bertz CT molecular complexity index is 745. The van der Waals surface area contributed by atoms with Crippen molar-refractivity contribution >= 4 is 5.97 Å². The van der Waals surface area contributed by atoms with Crippen LogP contribution in [0.5, 0.6) is 0 Å². The van der Waals surface area contributed by atoms with Gasteiger partial charge in [-0.2, -0.15) is 0 Å². The van der Waals surface area contributed by atoms with Crippen molar-refractivity contribution in [1.82, 2.24) is 4.57 Å². The first kappa shape index (κ1) is 13.9. The van der Waals surface area contributed by atoms with Gasteiger partial charge in [-0.05, 0) is 31.5 Å². The van der Waals surface area contributed by atoms with E-state index in [-0.39, 0.29) is 16.9 Å². The molecule has 0 saturated carbocycles. The molecule has 0 radical (unpaired) electrons. The molecule has 20 heavy (non-hydrogen) atoms. The highest BCUT2D eigenvalue weighted by Crippen LogP contribution is 2.17. The third kappa shape index (κ3) is 2.32. The predicted molar refractivity (Wildman–Crippen MR) is 68.4 cm³/mol. The number of rotatable bonds is 2. The Morgan fingerprint density at radius 1 is 1.10 bits per heavy atom. The number of nitrogens with zero attached hydrogens (tertiary/aromatic N) is 1. The maximum absolute atomic E-state index is 13.2. The van der Waals surface area contributed by atoms with Crippen LogP contribution < -0.4 is 5.56 Å². The Morgan fingerprint density at radius 2 is 1.65 bits per heavy atom. The summed E-state index contributed by atoms with van der Waals surface area (Å²) in [7, 11) is 0. The van der Waals surface area contributed by atoms with Gasteiger partial charge in [0, 0.05) is 17.8 Å². The predicted octanol–water partition coefficient (Wildman–Crippen LogP) is 2.43. The molecule has 104 valence electrons. The molecule has 0 aliphatic carbocycles. The van der Waals surface area contributed by atoms with Crippen LogP contribution in [0.1, 0.15) is 21.6 Å². The Morgan fingerprint density at radius 3 is 2.15 bits per heavy atom. The summed E-state index contributed by atoms with van der Waals surface area (Å²) in [5.74, 6) is -2.89. The Balaban J connectivity index is 2.84. The first-order valence-electron chi connectivity index (χ1n) is 5.74. The van der Waals surface area contributed by atoms with Crippen molar-refractivity contribution in [2.45, 2.75) is 13.8 Å². The zero-order chi connectivity index (χ0) is 15.0. The van der Waals surface area contributed by atoms with E-state index < -0.39 is 23.2 Å². The highest BCUT2D eigenvalue weighted by molar-refractivity contribution is 5.90. The van der Waals surface area contributed by atoms with Crippen LogP contribution in [0, 0.1) is 25.5 Å². The molecule has 0 aliphatic heterocycles. The largest absolute Gasteiger partial charge is 0.478 e. The van der Waals surface area contributed by atoms with Crippen molar-refractivity contribution in [2.75, 3.05) is 0 Å². The van der Waals surface area contributed by atoms with E-state index in [1.807, 2.05) is 0 Å². The second-order valence-electron chi connectivity index (χ2n) is 4.39. The molecule has 2 rings (SSSR count). The highest BCUT2D eigenvalue weighted by Gasteiger charge is 2.17. The van der Waals surface area contributed by atoms with Crippen molar-refractivity contribution in [3.63, 3.8) is 0 Å². The van der Waals surface area contributed by atoms with Gasteiger partial charge in [-0.3, -0.25) is 9.36 Å². The molecule has 0 aliphatic rings. The van der Waals surface area contributed by atoms with Crippen LogP contribution in [0.2, 0.25) is 0 Å². The molecule has 0 saturated heterocycles. The van der Waals surface area contributed by atoms with Gasteiger partial charge in [0.2, 0.25) is 0 Å². The smallest absolute Gasteiger partial charge is 0.337 e. The van der Waals surface area contributed by atoms with Gasteiger partial charge >= 0.3 is 5.97 Å². The quantitative estimate of drug-likeness (QED) is 0.918. The molecule has 0 atom stereocenters. The number of pyridine rings is 1. The summed E-state index contributed by atoms with van der Waals surface area (Å²) >= 11 is 0. The van der Waals surface area contributed by atoms with Gasteiger partial charge in [-0.1, -0.05) is 0 Å². The fourth-order valence-corrected chi connectivity index (χ4v) is 2.20. The lowest BCUT2D eigenvalue weighted by atomic mass is 10.1. The number of carboxylic acid groups (broad SMARTS) is 1. The van der Waals surface area contributed by atoms with Crippen molar-refractivity contribution < 1.29 is 18.7 Å². The third-order valence-corrected chi connectivity index (χ3v) is 2.97. The molecule has 1 aromatic heterocycles. The summed E-state index contributed by atoms with van der Waals surface area (Å²) < 4.78 is 27.5. The van der Waals surface area contributed by atoms with Crippen LogP contribution in [-0.2, 0) is 0 Å². The number of carbonyl (C=O) groups is 1. The normalized spacial score (nSPS) is 10.6. The minimum absolute atomic E-state index is 0.0486. The van der Waals surface area contributed by atoms with Gasteiger partial charge in [-0.15, -0.1) is 0 Å². The van der Waals surface area contributed by atoms with Crippen LogP contribution in [0.4, 0.5) is 8.78 Å². The number of aryl methyl sites for hydroxylation is 1. The SMILES string of the molecule is Cc1cc(=O)n(-c2cc(F)cc(F)c2)c(C)c1C(=O)O. The summed E-state index contributed by atoms with van der Waals surface area (Å²) in [5.41, 5.74) is -0.239. The molecule has 6 heteroatoms. The molecule has 2 aromatic rings. The molecule has 0 fully saturated rings. The number of hydrogen-bond donors (Lipinski definition) is 1. The summed E-state index contributed by atoms with van der Waals surface area (Å²) in [6, 6.07) is 3.74. The lowest BCUT2D eigenvalue weighted by Crippen LogP contribution is -2.24. The zero-order valence-corrected chi connectivity index (χ0v) is 10.8. The van der Waals surface area contributed by atoms with Crippen LogP contribution in [-0.4, -0.2) is 15.6 Å². The van der Waals surface area contributed by atoms with E-state index in [1.54, 1.807) is 0 Å². The number of benzene rings is 1. The first-order valence-corrected chi connectivity index (χ1v) is 5.74. The fraction of sp³-hybridized carbons (Fsp3) is 0.143. The highest BCUT2D eigenvalue weighted by atomic mass is 19.1. The molecule has 0 spiro atoms. The second kappa shape index (κ2) is 4.88. The van der Waals surface area contributed by atoms with E-state index >= 15 is 0 Å². The lowest BCUT2D eigenvalue weighted by Gasteiger charge is -2.14. The number of halogens is 2. The van der Waals surface area contributed by atoms with Crippen molar-refractivity contribution in [1.29, 1.82) is 0 Å². The maximum Gasteiger partial charge on any atom is 0.337 e. The van der Waals surface area contributed by atoms with Gasteiger partial charge in [-0.25, -0.2) is 13.6 Å². The van der Waals surface area contributed by atoms with Gasteiger partial charge in [0.25, 0.3) is 5.56 Å². The lowest BCUT2D eigenvalue weighted by molar-refractivity contribution is 0.0694. The standard InChI is InChI=1S/C14H11F2NO3/c1-7-3-12(18)17(8(2)13(7)14(19)20)11-5-9(15)4-10(16)6-11/h3-6H,1-2H3,(H,19,20). The summed E-state index contributed by atoms with van der Waals surface area (Å²) in [6.45, 7) is 2.91. The molecule has 1 aromatic carbocycles. The summed E-state index contributed by atoms with van der Waals surface area (Å²) in [5, 5.41) is 9.15. The number of aromatic nitrogens is 1. The Labute approximate surface area is 112 Å². The monoisotopic (exact) mass is 279 g/mol.